The molecule has 0 aromatic heterocycles. The summed E-state index contributed by atoms with van der Waals surface area (Å²) >= 11 is 1.17. The van der Waals surface area contributed by atoms with E-state index in [1.54, 1.807) is 0 Å². The van der Waals surface area contributed by atoms with Crippen molar-refractivity contribution in [2.45, 2.75) is 31.1 Å². The van der Waals surface area contributed by atoms with Gasteiger partial charge in [0.05, 0.1) is 0 Å². The SMILES string of the molecule is CCCC(SC1=NC(N)=NC2=NC=NC21)C(=O)O. The standard InChI is InChI=1S/C10H13N5O2S/c1-2-3-5(9(16)17)18-8-6-7(13-4-12-6)14-10(11)15-8/h4-6H,2-3H2,1H3,(H,16,17)(H2,11,12,13,14). The molecule has 2 aliphatic rings. The van der Waals surface area contributed by atoms with Crippen LogP contribution in [0.2, 0.25) is 0 Å². The molecule has 96 valence electrons. The normalized spacial score (nSPS) is 22.9. The molecule has 8 heteroatoms. The lowest BCUT2D eigenvalue weighted by Gasteiger charge is -2.18. The van der Waals surface area contributed by atoms with Crippen LogP contribution in [-0.4, -0.2) is 45.5 Å². The first-order chi connectivity index (χ1) is 8.61. The molecule has 0 amide bonds. The van der Waals surface area contributed by atoms with Crippen LogP contribution in [0.1, 0.15) is 19.8 Å². The van der Waals surface area contributed by atoms with Crippen LogP contribution in [-0.2, 0) is 4.79 Å². The van der Waals surface area contributed by atoms with Crippen molar-refractivity contribution in [3.8, 4) is 0 Å². The van der Waals surface area contributed by atoms with E-state index in [4.69, 9.17) is 10.8 Å². The number of carbonyl (C=O) groups is 1. The minimum absolute atomic E-state index is 0.0960. The molecule has 7 nitrogen and oxygen atoms in total. The van der Waals surface area contributed by atoms with Gasteiger partial charge in [-0.2, -0.15) is 4.99 Å². The monoisotopic (exact) mass is 267 g/mol. The Morgan fingerprint density at radius 3 is 3.06 bits per heavy atom. The first-order valence-electron chi connectivity index (χ1n) is 5.53. The van der Waals surface area contributed by atoms with Crippen LogP contribution in [0.15, 0.2) is 20.0 Å². The zero-order valence-corrected chi connectivity index (χ0v) is 10.6. The van der Waals surface area contributed by atoms with Crippen LogP contribution in [0.3, 0.4) is 0 Å². The maximum atomic E-state index is 11.1. The molecule has 0 bridgehead atoms. The van der Waals surface area contributed by atoms with Crippen molar-refractivity contribution in [1.29, 1.82) is 0 Å². The second-order valence-electron chi connectivity index (χ2n) is 3.81. The summed E-state index contributed by atoms with van der Waals surface area (Å²) in [4.78, 5) is 27.3. The fourth-order valence-electron chi connectivity index (χ4n) is 1.61. The molecule has 2 heterocycles. The smallest absolute Gasteiger partial charge is 0.317 e. The van der Waals surface area contributed by atoms with Crippen molar-refractivity contribution < 1.29 is 9.90 Å². The Balaban J connectivity index is 2.17. The Morgan fingerprint density at radius 2 is 2.39 bits per heavy atom. The maximum Gasteiger partial charge on any atom is 0.317 e. The fourth-order valence-corrected chi connectivity index (χ4v) is 2.80. The lowest BCUT2D eigenvalue weighted by Crippen LogP contribution is -2.33. The average molecular weight is 267 g/mol. The van der Waals surface area contributed by atoms with Crippen LogP contribution in [0.25, 0.3) is 0 Å². The van der Waals surface area contributed by atoms with Crippen LogP contribution in [0.5, 0.6) is 0 Å². The highest BCUT2D eigenvalue weighted by Crippen LogP contribution is 2.25. The Bertz CT molecular complexity index is 483. The zero-order valence-electron chi connectivity index (χ0n) is 9.78. The van der Waals surface area contributed by atoms with Gasteiger partial charge in [0.25, 0.3) is 0 Å². The number of rotatable bonds is 4. The lowest BCUT2D eigenvalue weighted by molar-refractivity contribution is -0.136. The van der Waals surface area contributed by atoms with Gasteiger partial charge in [0.1, 0.15) is 16.6 Å². The number of carboxylic acids is 1. The molecule has 3 N–H and O–H groups in total. The molecule has 2 unspecified atom stereocenters. The summed E-state index contributed by atoms with van der Waals surface area (Å²) in [6, 6.07) is -0.388. The molecule has 0 spiro atoms. The van der Waals surface area contributed by atoms with Gasteiger partial charge >= 0.3 is 5.97 Å². The zero-order chi connectivity index (χ0) is 13.1. The Morgan fingerprint density at radius 1 is 1.61 bits per heavy atom. The van der Waals surface area contributed by atoms with Crippen molar-refractivity contribution in [1.82, 2.24) is 0 Å². The van der Waals surface area contributed by atoms with E-state index in [0.717, 1.165) is 6.42 Å². The van der Waals surface area contributed by atoms with E-state index in [9.17, 15) is 4.79 Å². The van der Waals surface area contributed by atoms with E-state index in [2.05, 4.69) is 20.0 Å². The summed E-state index contributed by atoms with van der Waals surface area (Å²) in [6.07, 6.45) is 2.75. The van der Waals surface area contributed by atoms with Gasteiger partial charge in [-0.05, 0) is 6.42 Å². The van der Waals surface area contributed by atoms with Gasteiger partial charge < -0.3 is 10.8 Å². The molecule has 0 aliphatic carbocycles. The summed E-state index contributed by atoms with van der Waals surface area (Å²) in [6.45, 7) is 1.94. The predicted octanol–water partition coefficient (Wildman–Crippen LogP) is 0.509. The number of aliphatic imine (C=N–C) groups is 4. The number of nitrogens with two attached hydrogens (primary N) is 1. The van der Waals surface area contributed by atoms with E-state index in [-0.39, 0.29) is 12.0 Å². The average Bonchev–Trinajstić information content (AvgIpc) is 2.76. The third kappa shape index (κ3) is 2.58. The molecule has 0 aromatic rings. The van der Waals surface area contributed by atoms with Crippen LogP contribution >= 0.6 is 11.8 Å². The fraction of sp³-hybridized carbons (Fsp3) is 0.500. The van der Waals surface area contributed by atoms with Crippen molar-refractivity contribution in [3.63, 3.8) is 0 Å². The molecule has 2 aliphatic heterocycles. The molecule has 2 atom stereocenters. The Kier molecular flexibility index (Phi) is 3.75. The van der Waals surface area contributed by atoms with E-state index >= 15 is 0 Å². The van der Waals surface area contributed by atoms with Crippen molar-refractivity contribution in [3.05, 3.63) is 0 Å². The minimum Gasteiger partial charge on any atom is -0.480 e. The molecule has 0 aromatic carbocycles. The van der Waals surface area contributed by atoms with Crippen molar-refractivity contribution in [2.24, 2.45) is 25.7 Å². The van der Waals surface area contributed by atoms with Gasteiger partial charge in [-0.25, -0.2) is 9.98 Å². The largest absolute Gasteiger partial charge is 0.480 e. The summed E-state index contributed by atoms with van der Waals surface area (Å²) in [5.74, 6) is -0.282. The molecule has 0 saturated carbocycles. The van der Waals surface area contributed by atoms with Gasteiger partial charge in [-0.15, -0.1) is 0 Å². The van der Waals surface area contributed by atoms with Gasteiger partial charge in [-0.3, -0.25) is 9.79 Å². The van der Waals surface area contributed by atoms with Crippen molar-refractivity contribution in [2.75, 3.05) is 0 Å². The van der Waals surface area contributed by atoms with Crippen LogP contribution in [0.4, 0.5) is 0 Å². The van der Waals surface area contributed by atoms with Gasteiger partial charge in [-0.1, -0.05) is 25.1 Å². The first-order valence-corrected chi connectivity index (χ1v) is 6.41. The summed E-state index contributed by atoms with van der Waals surface area (Å²) < 4.78 is 0. The highest BCUT2D eigenvalue weighted by atomic mass is 32.2. The van der Waals surface area contributed by atoms with Crippen molar-refractivity contribution >= 4 is 40.9 Å². The molecular weight excluding hydrogens is 254 g/mol. The molecule has 0 fully saturated rings. The third-order valence-corrected chi connectivity index (χ3v) is 3.71. The number of hydrogen-bond donors (Lipinski definition) is 2. The number of hydrogen-bond acceptors (Lipinski definition) is 7. The van der Waals surface area contributed by atoms with Gasteiger partial charge in [0.15, 0.2) is 11.9 Å². The second-order valence-corrected chi connectivity index (χ2v) is 5.03. The highest BCUT2D eigenvalue weighted by Gasteiger charge is 2.32. The van der Waals surface area contributed by atoms with E-state index in [1.807, 2.05) is 6.92 Å². The number of thioether (sulfide) groups is 1. The number of carboxylic acid groups (broad SMARTS) is 1. The lowest BCUT2D eigenvalue weighted by atomic mass is 10.2. The number of guanidine groups is 1. The third-order valence-electron chi connectivity index (χ3n) is 2.43. The number of amidine groups is 1. The van der Waals surface area contributed by atoms with E-state index < -0.39 is 11.2 Å². The number of nitrogens with zero attached hydrogens (tertiary/aromatic N) is 4. The van der Waals surface area contributed by atoms with E-state index in [1.165, 1.54) is 18.1 Å². The summed E-state index contributed by atoms with van der Waals surface area (Å²) in [5, 5.41) is 9.14. The molecule has 18 heavy (non-hydrogen) atoms. The topological polar surface area (TPSA) is 113 Å². The molecule has 0 saturated heterocycles. The maximum absolute atomic E-state index is 11.1. The van der Waals surface area contributed by atoms with Crippen LogP contribution < -0.4 is 5.73 Å². The highest BCUT2D eigenvalue weighted by molar-refractivity contribution is 8.15. The number of aliphatic carboxylic acids is 1. The van der Waals surface area contributed by atoms with Gasteiger partial charge in [0, 0.05) is 0 Å². The molecule has 2 rings (SSSR count). The molecular formula is C10H13N5O2S. The second kappa shape index (κ2) is 5.30. The Hall–Kier alpha value is -1.70. The first kappa shape index (κ1) is 12.7. The predicted molar refractivity (Wildman–Crippen MR) is 72.7 cm³/mol. The Labute approximate surface area is 108 Å². The minimum atomic E-state index is -0.855. The quantitative estimate of drug-likeness (QED) is 0.772. The summed E-state index contributed by atoms with van der Waals surface area (Å²) in [5.41, 5.74) is 5.57. The van der Waals surface area contributed by atoms with E-state index in [0.29, 0.717) is 17.3 Å². The van der Waals surface area contributed by atoms with Gasteiger partial charge in [0.2, 0.25) is 5.96 Å². The molecule has 0 radical (unpaired) electrons. The summed E-state index contributed by atoms with van der Waals surface area (Å²) in [7, 11) is 0. The van der Waals surface area contributed by atoms with Crippen LogP contribution in [0, 0.1) is 0 Å². The number of fused-ring (bicyclic) bond motifs is 1.